The van der Waals surface area contributed by atoms with E-state index in [1.807, 2.05) is 12.1 Å². The molecule has 6 nitrogen and oxygen atoms in total. The molecule has 1 aliphatic heterocycles. The first-order valence-corrected chi connectivity index (χ1v) is 9.52. The number of nitrogens with two attached hydrogens (primary N) is 1. The molecule has 1 aromatic carbocycles. The Morgan fingerprint density at radius 3 is 2.48 bits per heavy atom. The van der Waals surface area contributed by atoms with E-state index in [0.717, 1.165) is 18.4 Å². The lowest BCUT2D eigenvalue weighted by molar-refractivity contribution is -0.123. The number of para-hydroxylation sites is 1. The van der Waals surface area contributed by atoms with Gasteiger partial charge in [0.1, 0.15) is 11.8 Å². The summed E-state index contributed by atoms with van der Waals surface area (Å²) in [7, 11) is -3.49. The van der Waals surface area contributed by atoms with Crippen LogP contribution in [0.3, 0.4) is 0 Å². The molecule has 1 fully saturated rings. The molecule has 1 aromatic rings. The van der Waals surface area contributed by atoms with Gasteiger partial charge in [-0.1, -0.05) is 31.0 Å². The number of benzene rings is 1. The molecule has 7 heteroatoms. The third-order valence-corrected chi connectivity index (χ3v) is 6.84. The van der Waals surface area contributed by atoms with Crippen LogP contribution in [-0.4, -0.2) is 37.3 Å². The SMILES string of the molecule is NC(=O)[C@@H]1Cc2ccccc2N1C(=O)CS(=O)(=O)C1CCCC1. The third kappa shape index (κ3) is 2.97. The van der Waals surface area contributed by atoms with E-state index in [1.165, 1.54) is 4.90 Å². The minimum Gasteiger partial charge on any atom is -0.368 e. The lowest BCUT2D eigenvalue weighted by Gasteiger charge is -2.24. The molecular formula is C16H20N2O4S. The van der Waals surface area contributed by atoms with Crippen LogP contribution >= 0.6 is 0 Å². The van der Waals surface area contributed by atoms with Crippen molar-refractivity contribution in [3.8, 4) is 0 Å². The predicted molar refractivity (Wildman–Crippen MR) is 86.7 cm³/mol. The number of hydrogen-bond donors (Lipinski definition) is 1. The van der Waals surface area contributed by atoms with Crippen LogP contribution in [0.1, 0.15) is 31.2 Å². The highest BCUT2D eigenvalue weighted by atomic mass is 32.2. The molecule has 2 amide bonds. The zero-order chi connectivity index (χ0) is 16.6. The summed E-state index contributed by atoms with van der Waals surface area (Å²) in [5.74, 6) is -1.74. The molecule has 23 heavy (non-hydrogen) atoms. The maximum Gasteiger partial charge on any atom is 0.242 e. The topological polar surface area (TPSA) is 97.5 Å². The van der Waals surface area contributed by atoms with Crippen LogP contribution in [0.15, 0.2) is 24.3 Å². The van der Waals surface area contributed by atoms with Gasteiger partial charge in [0, 0.05) is 12.1 Å². The van der Waals surface area contributed by atoms with Gasteiger partial charge in [-0.25, -0.2) is 8.42 Å². The molecule has 1 heterocycles. The Morgan fingerprint density at radius 2 is 1.83 bits per heavy atom. The van der Waals surface area contributed by atoms with Gasteiger partial charge in [-0.05, 0) is 24.5 Å². The fourth-order valence-corrected chi connectivity index (χ4v) is 5.30. The Kier molecular flexibility index (Phi) is 4.14. The number of carbonyl (C=O) groups is 2. The lowest BCUT2D eigenvalue weighted by atomic mass is 10.1. The van der Waals surface area contributed by atoms with E-state index >= 15 is 0 Å². The third-order valence-electron chi connectivity index (χ3n) is 4.71. The molecule has 0 bridgehead atoms. The smallest absolute Gasteiger partial charge is 0.242 e. The number of nitrogens with zero attached hydrogens (tertiary/aromatic N) is 1. The van der Waals surface area contributed by atoms with Gasteiger partial charge in [-0.2, -0.15) is 0 Å². The number of rotatable bonds is 4. The van der Waals surface area contributed by atoms with Gasteiger partial charge in [0.25, 0.3) is 0 Å². The first-order chi connectivity index (χ1) is 10.9. The Bertz CT molecular complexity index is 738. The summed E-state index contributed by atoms with van der Waals surface area (Å²) < 4.78 is 24.8. The van der Waals surface area contributed by atoms with Crippen molar-refractivity contribution < 1.29 is 18.0 Å². The average molecular weight is 336 g/mol. The summed E-state index contributed by atoms with van der Waals surface area (Å²) in [4.78, 5) is 25.6. The van der Waals surface area contributed by atoms with Crippen molar-refractivity contribution in [3.05, 3.63) is 29.8 Å². The standard InChI is InChI=1S/C16H20N2O4S/c17-16(20)14-9-11-5-1-4-8-13(11)18(14)15(19)10-23(21,22)12-6-2-3-7-12/h1,4-5,8,12,14H,2-3,6-7,9-10H2,(H2,17,20)/t14-/m0/s1. The Hall–Kier alpha value is -1.89. The van der Waals surface area contributed by atoms with Crippen molar-refractivity contribution in [2.24, 2.45) is 5.73 Å². The van der Waals surface area contributed by atoms with Crippen LogP contribution in [0.4, 0.5) is 5.69 Å². The molecule has 0 radical (unpaired) electrons. The molecule has 0 unspecified atom stereocenters. The number of hydrogen-bond acceptors (Lipinski definition) is 4. The number of carbonyl (C=O) groups excluding carboxylic acids is 2. The summed E-state index contributed by atoms with van der Waals surface area (Å²) in [5.41, 5.74) is 6.83. The van der Waals surface area contributed by atoms with E-state index in [4.69, 9.17) is 5.73 Å². The highest BCUT2D eigenvalue weighted by Crippen LogP contribution is 2.33. The maximum atomic E-state index is 12.6. The molecule has 2 aliphatic rings. The molecule has 3 rings (SSSR count). The van der Waals surface area contributed by atoms with Gasteiger partial charge in [-0.3, -0.25) is 14.5 Å². The summed E-state index contributed by atoms with van der Waals surface area (Å²) in [6.45, 7) is 0. The van der Waals surface area contributed by atoms with Crippen LogP contribution in [0.2, 0.25) is 0 Å². The normalized spacial score (nSPS) is 21.4. The Balaban J connectivity index is 1.86. The lowest BCUT2D eigenvalue weighted by Crippen LogP contribution is -2.48. The van der Waals surface area contributed by atoms with E-state index in [2.05, 4.69) is 0 Å². The second-order valence-electron chi connectivity index (χ2n) is 6.23. The van der Waals surface area contributed by atoms with Gasteiger partial charge in [0.05, 0.1) is 5.25 Å². The molecular weight excluding hydrogens is 316 g/mol. The summed E-state index contributed by atoms with van der Waals surface area (Å²) in [6.07, 6.45) is 3.33. The first kappa shape index (κ1) is 16.0. The van der Waals surface area contributed by atoms with Crippen molar-refractivity contribution in [2.75, 3.05) is 10.7 Å². The monoisotopic (exact) mass is 336 g/mol. The zero-order valence-corrected chi connectivity index (χ0v) is 13.6. The van der Waals surface area contributed by atoms with E-state index < -0.39 is 38.7 Å². The van der Waals surface area contributed by atoms with Crippen molar-refractivity contribution in [1.82, 2.24) is 0 Å². The molecule has 1 aliphatic carbocycles. The molecule has 0 saturated heterocycles. The fraction of sp³-hybridized carbons (Fsp3) is 0.500. The largest absolute Gasteiger partial charge is 0.368 e. The quantitative estimate of drug-likeness (QED) is 0.879. The maximum absolute atomic E-state index is 12.6. The van der Waals surface area contributed by atoms with Gasteiger partial charge in [0.2, 0.25) is 11.8 Å². The van der Waals surface area contributed by atoms with E-state index in [9.17, 15) is 18.0 Å². The highest BCUT2D eigenvalue weighted by molar-refractivity contribution is 7.92. The molecule has 1 saturated carbocycles. The van der Waals surface area contributed by atoms with Gasteiger partial charge < -0.3 is 5.73 Å². The highest BCUT2D eigenvalue weighted by Gasteiger charge is 2.40. The number of anilines is 1. The molecule has 0 aromatic heterocycles. The molecule has 2 N–H and O–H groups in total. The van der Waals surface area contributed by atoms with Crippen molar-refractivity contribution in [3.63, 3.8) is 0 Å². The number of sulfone groups is 1. The summed E-state index contributed by atoms with van der Waals surface area (Å²) >= 11 is 0. The van der Waals surface area contributed by atoms with Crippen LogP contribution in [-0.2, 0) is 25.8 Å². The van der Waals surface area contributed by atoms with Crippen LogP contribution in [0, 0.1) is 0 Å². The number of primary amides is 1. The predicted octanol–water partition coefficient (Wildman–Crippen LogP) is 0.787. The average Bonchev–Trinajstić information content (AvgIpc) is 3.14. The molecule has 124 valence electrons. The van der Waals surface area contributed by atoms with Gasteiger partial charge in [0.15, 0.2) is 9.84 Å². The van der Waals surface area contributed by atoms with E-state index in [-0.39, 0.29) is 0 Å². The van der Waals surface area contributed by atoms with Crippen LogP contribution < -0.4 is 10.6 Å². The Morgan fingerprint density at radius 1 is 1.17 bits per heavy atom. The van der Waals surface area contributed by atoms with Crippen LogP contribution in [0.25, 0.3) is 0 Å². The minimum atomic E-state index is -3.49. The minimum absolute atomic E-state index is 0.334. The van der Waals surface area contributed by atoms with E-state index in [1.54, 1.807) is 12.1 Å². The number of fused-ring (bicyclic) bond motifs is 1. The Labute approximate surface area is 135 Å². The summed E-state index contributed by atoms with van der Waals surface area (Å²) in [5, 5.41) is -0.434. The fourth-order valence-electron chi connectivity index (χ4n) is 3.53. The van der Waals surface area contributed by atoms with E-state index in [0.29, 0.717) is 24.9 Å². The number of amides is 2. The van der Waals surface area contributed by atoms with Crippen molar-refractivity contribution in [1.29, 1.82) is 0 Å². The van der Waals surface area contributed by atoms with Crippen molar-refractivity contribution in [2.45, 2.75) is 43.4 Å². The van der Waals surface area contributed by atoms with Crippen LogP contribution in [0.5, 0.6) is 0 Å². The second kappa shape index (κ2) is 5.96. The second-order valence-corrected chi connectivity index (χ2v) is 8.51. The van der Waals surface area contributed by atoms with Gasteiger partial charge in [-0.15, -0.1) is 0 Å². The first-order valence-electron chi connectivity index (χ1n) is 7.81. The zero-order valence-electron chi connectivity index (χ0n) is 12.8. The molecule has 1 atom stereocenters. The van der Waals surface area contributed by atoms with Crippen molar-refractivity contribution >= 4 is 27.3 Å². The summed E-state index contributed by atoms with van der Waals surface area (Å²) in [6, 6.07) is 6.31. The van der Waals surface area contributed by atoms with Gasteiger partial charge >= 0.3 is 0 Å². The molecule has 0 spiro atoms.